The fraction of sp³-hybridized carbons (Fsp3) is 0.533. The number of unbranched alkanes of at least 4 members (excludes halogenated alkanes) is 10. The highest BCUT2D eigenvalue weighted by Crippen LogP contribution is 2.28. The maximum absolute atomic E-state index is 13.9. The third-order valence-corrected chi connectivity index (χ3v) is 11.7. The van der Waals surface area contributed by atoms with Crippen LogP contribution in [0.4, 0.5) is 22.7 Å². The van der Waals surface area contributed by atoms with Gasteiger partial charge in [-0.1, -0.05) is 78.1 Å². The van der Waals surface area contributed by atoms with Crippen molar-refractivity contribution in [3.05, 3.63) is 78.8 Å². The highest BCUT2D eigenvalue weighted by Gasteiger charge is 2.34. The summed E-state index contributed by atoms with van der Waals surface area (Å²) < 4.78 is 54.6. The molecule has 44 heavy (non-hydrogen) atoms. The topological polar surface area (TPSA) is 179 Å². The third kappa shape index (κ3) is 12.2. The molecule has 244 valence electrons. The van der Waals surface area contributed by atoms with Crippen LogP contribution in [0.5, 0.6) is 0 Å². The van der Waals surface area contributed by atoms with E-state index in [0.717, 1.165) is 51.4 Å². The predicted molar refractivity (Wildman–Crippen MR) is 175 cm³/mol. The van der Waals surface area contributed by atoms with Gasteiger partial charge in [-0.2, -0.15) is 0 Å². The van der Waals surface area contributed by atoms with Crippen LogP contribution < -0.4 is 10.6 Å². The van der Waals surface area contributed by atoms with Crippen molar-refractivity contribution >= 4 is 42.4 Å². The zero-order valence-corrected chi connectivity index (χ0v) is 27.1. The van der Waals surface area contributed by atoms with Crippen molar-refractivity contribution in [3.8, 4) is 0 Å². The van der Waals surface area contributed by atoms with E-state index < -0.39 is 33.8 Å². The van der Waals surface area contributed by atoms with Crippen LogP contribution in [0.15, 0.2) is 58.6 Å². The Kier molecular flexibility index (Phi) is 15.3. The van der Waals surface area contributed by atoms with Gasteiger partial charge in [0.2, 0.25) is 0 Å². The van der Waals surface area contributed by atoms with Gasteiger partial charge in [-0.25, -0.2) is 16.8 Å². The SMILES string of the molecule is CCCCCCCCS(=O)(=O)C(=C(Nc1ccc([N+](=O)[O-])cc1)Nc1ccc([N+](=O)[O-])cc1)S(=O)(=O)CCCCCCCC. The molecule has 0 fully saturated rings. The van der Waals surface area contributed by atoms with E-state index in [1.54, 1.807) is 0 Å². The summed E-state index contributed by atoms with van der Waals surface area (Å²) in [6.45, 7) is 4.15. The summed E-state index contributed by atoms with van der Waals surface area (Å²) >= 11 is 0. The van der Waals surface area contributed by atoms with Gasteiger partial charge in [0, 0.05) is 35.6 Å². The maximum Gasteiger partial charge on any atom is 0.269 e. The first-order chi connectivity index (χ1) is 20.9. The van der Waals surface area contributed by atoms with Crippen LogP contribution in [0.1, 0.15) is 90.9 Å². The summed E-state index contributed by atoms with van der Waals surface area (Å²) in [5.74, 6) is -1.10. The zero-order valence-electron chi connectivity index (χ0n) is 25.5. The lowest BCUT2D eigenvalue weighted by Gasteiger charge is -2.20. The Morgan fingerprint density at radius 3 is 1.20 bits per heavy atom. The average molecular weight is 653 g/mol. The number of nitrogens with zero attached hydrogens (tertiary/aromatic N) is 2. The summed E-state index contributed by atoms with van der Waals surface area (Å²) in [5.41, 5.74) is 0.0242. The van der Waals surface area contributed by atoms with E-state index in [1.807, 2.05) is 0 Å². The molecule has 0 radical (unpaired) electrons. The first-order valence-corrected chi connectivity index (χ1v) is 18.4. The molecule has 14 heteroatoms. The van der Waals surface area contributed by atoms with Gasteiger partial charge < -0.3 is 10.6 Å². The predicted octanol–water partition coefficient (Wildman–Crippen LogP) is 7.70. The monoisotopic (exact) mass is 652 g/mol. The van der Waals surface area contributed by atoms with Crippen molar-refractivity contribution in [2.75, 3.05) is 22.1 Å². The zero-order chi connectivity index (χ0) is 32.6. The first kappa shape index (κ1) is 36.7. The van der Waals surface area contributed by atoms with Gasteiger partial charge in [-0.3, -0.25) is 20.2 Å². The van der Waals surface area contributed by atoms with Crippen molar-refractivity contribution in [1.82, 2.24) is 0 Å². The third-order valence-electron chi connectivity index (χ3n) is 7.00. The molecule has 2 aromatic carbocycles. The quantitative estimate of drug-likeness (QED) is 0.0727. The molecule has 2 N–H and O–H groups in total. The molecule has 0 aliphatic carbocycles. The van der Waals surface area contributed by atoms with Crippen molar-refractivity contribution in [3.63, 3.8) is 0 Å². The first-order valence-electron chi connectivity index (χ1n) is 15.1. The van der Waals surface area contributed by atoms with Crippen LogP contribution in [-0.2, 0) is 19.7 Å². The molecule has 0 spiro atoms. The number of non-ortho nitro benzene ring substituents is 2. The van der Waals surface area contributed by atoms with Gasteiger partial charge in [0.15, 0.2) is 23.9 Å². The molecule has 0 aliphatic rings. The highest BCUT2D eigenvalue weighted by molar-refractivity contribution is 8.14. The van der Waals surface area contributed by atoms with Crippen LogP contribution in [0.3, 0.4) is 0 Å². The number of nitro benzene ring substituents is 2. The molecule has 2 rings (SSSR count). The van der Waals surface area contributed by atoms with Gasteiger partial charge in [0.25, 0.3) is 11.4 Å². The number of anilines is 2. The second-order valence-electron chi connectivity index (χ2n) is 10.7. The average Bonchev–Trinajstić information content (AvgIpc) is 2.97. The Hall–Kier alpha value is -3.52. The molecule has 0 saturated heterocycles. The molecule has 0 amide bonds. The number of nitrogens with one attached hydrogen (secondary N) is 2. The van der Waals surface area contributed by atoms with Crippen molar-refractivity contribution < 1.29 is 26.7 Å². The van der Waals surface area contributed by atoms with E-state index >= 15 is 0 Å². The van der Waals surface area contributed by atoms with Crippen LogP contribution >= 0.6 is 0 Å². The number of sulfone groups is 2. The molecule has 2 aromatic rings. The van der Waals surface area contributed by atoms with Gasteiger partial charge in [0.05, 0.1) is 21.4 Å². The van der Waals surface area contributed by atoms with Crippen LogP contribution in [0, 0.1) is 20.2 Å². The normalized spacial score (nSPS) is 11.6. The summed E-state index contributed by atoms with van der Waals surface area (Å²) in [5, 5.41) is 28.0. The number of rotatable bonds is 22. The summed E-state index contributed by atoms with van der Waals surface area (Å²) in [7, 11) is -8.71. The minimum Gasteiger partial charge on any atom is -0.340 e. The van der Waals surface area contributed by atoms with E-state index in [-0.39, 0.29) is 52.9 Å². The van der Waals surface area contributed by atoms with Crippen molar-refractivity contribution in [1.29, 1.82) is 0 Å². The lowest BCUT2D eigenvalue weighted by atomic mass is 10.1. The molecular weight excluding hydrogens is 608 g/mol. The lowest BCUT2D eigenvalue weighted by molar-refractivity contribution is -0.385. The fourth-order valence-corrected chi connectivity index (χ4v) is 9.00. The molecule has 0 bridgehead atoms. The highest BCUT2D eigenvalue weighted by atomic mass is 32.3. The molecule has 0 unspecified atom stereocenters. The standard InChI is InChI=1S/C30H44N4O8S2/c1-3-5-7-9-11-13-23-43(39,40)30(44(41,42)24-14-12-10-8-6-4-2)29(31-25-15-19-27(20-16-25)33(35)36)32-26-17-21-28(22-18-26)34(37)38/h15-22,31-32H,3-14,23-24H2,1-2H3. The Bertz CT molecular complexity index is 1350. The molecule has 0 heterocycles. The van der Waals surface area contributed by atoms with Crippen LogP contribution in [0.25, 0.3) is 0 Å². The van der Waals surface area contributed by atoms with E-state index in [9.17, 15) is 37.1 Å². The minimum atomic E-state index is -4.36. The molecule has 0 atom stereocenters. The van der Waals surface area contributed by atoms with E-state index in [1.165, 1.54) is 48.5 Å². The molecular formula is C30H44N4O8S2. The number of benzene rings is 2. The van der Waals surface area contributed by atoms with Gasteiger partial charge in [-0.05, 0) is 37.1 Å². The molecule has 12 nitrogen and oxygen atoms in total. The second kappa shape index (κ2) is 18.3. The lowest BCUT2D eigenvalue weighted by Crippen LogP contribution is -2.27. The molecule has 0 aliphatic heterocycles. The Labute approximate surface area is 260 Å². The fourth-order valence-electron chi connectivity index (χ4n) is 4.59. The smallest absolute Gasteiger partial charge is 0.269 e. The second-order valence-corrected chi connectivity index (χ2v) is 15.0. The maximum atomic E-state index is 13.9. The number of hydrogen-bond donors (Lipinski definition) is 2. The molecule has 0 saturated carbocycles. The van der Waals surface area contributed by atoms with E-state index in [2.05, 4.69) is 24.5 Å². The van der Waals surface area contributed by atoms with Crippen molar-refractivity contribution in [2.45, 2.75) is 90.9 Å². The Morgan fingerprint density at radius 2 is 0.886 bits per heavy atom. The molecule has 0 aromatic heterocycles. The van der Waals surface area contributed by atoms with Gasteiger partial charge in [-0.15, -0.1) is 0 Å². The summed E-state index contributed by atoms with van der Waals surface area (Å²) in [4.78, 5) is 21.1. The van der Waals surface area contributed by atoms with E-state index in [4.69, 9.17) is 0 Å². The Balaban J connectivity index is 2.57. The van der Waals surface area contributed by atoms with Crippen LogP contribution in [0.2, 0.25) is 0 Å². The largest absolute Gasteiger partial charge is 0.340 e. The summed E-state index contributed by atoms with van der Waals surface area (Å²) in [6.07, 6.45) is 9.56. The van der Waals surface area contributed by atoms with E-state index in [0.29, 0.717) is 12.8 Å². The number of nitro groups is 2. The Morgan fingerprint density at radius 1 is 0.568 bits per heavy atom. The minimum absolute atomic E-state index is 0.198. The van der Waals surface area contributed by atoms with Crippen LogP contribution in [-0.4, -0.2) is 38.2 Å². The van der Waals surface area contributed by atoms with Gasteiger partial charge in [0.1, 0.15) is 5.82 Å². The van der Waals surface area contributed by atoms with Gasteiger partial charge >= 0.3 is 0 Å². The number of hydrogen-bond acceptors (Lipinski definition) is 10. The van der Waals surface area contributed by atoms with Crippen molar-refractivity contribution in [2.24, 2.45) is 0 Å². The summed E-state index contributed by atoms with van der Waals surface area (Å²) in [6, 6.07) is 10.2.